The highest BCUT2D eigenvalue weighted by molar-refractivity contribution is 5.35. The number of aliphatic hydroxyl groups is 1. The quantitative estimate of drug-likeness (QED) is 0.744. The van der Waals surface area contributed by atoms with Crippen LogP contribution in [0.5, 0.6) is 0 Å². The van der Waals surface area contributed by atoms with E-state index in [1.165, 1.54) is 0 Å². The van der Waals surface area contributed by atoms with Gasteiger partial charge in [0.15, 0.2) is 0 Å². The number of hydrogen-bond donors (Lipinski definition) is 2. The summed E-state index contributed by atoms with van der Waals surface area (Å²) in [7, 11) is 0. The average molecular weight is 195 g/mol. The molecule has 0 bridgehead atoms. The van der Waals surface area contributed by atoms with Crippen molar-refractivity contribution in [2.45, 2.75) is 32.7 Å². The second kappa shape index (κ2) is 5.54. The van der Waals surface area contributed by atoms with Crippen LogP contribution in [-0.2, 0) is 0 Å². The smallest absolute Gasteiger partial charge is 0.129 e. The molecule has 0 aromatic carbocycles. The molecule has 0 fully saturated rings. The van der Waals surface area contributed by atoms with E-state index in [4.69, 9.17) is 5.11 Å². The molecule has 1 unspecified atom stereocenters. The van der Waals surface area contributed by atoms with E-state index in [1.54, 1.807) is 6.33 Å². The number of anilines is 1. The molecule has 0 amide bonds. The minimum Gasteiger partial charge on any atom is -0.396 e. The summed E-state index contributed by atoms with van der Waals surface area (Å²) in [5.41, 5.74) is 0.955. The predicted octanol–water partition coefficient (Wildman–Crippen LogP) is 1.36. The van der Waals surface area contributed by atoms with Crippen molar-refractivity contribution < 1.29 is 5.11 Å². The summed E-state index contributed by atoms with van der Waals surface area (Å²) < 4.78 is 0. The maximum absolute atomic E-state index is 8.67. The zero-order chi connectivity index (χ0) is 10.4. The molecule has 1 heterocycles. The Hall–Kier alpha value is -1.16. The molecule has 4 nitrogen and oxygen atoms in total. The van der Waals surface area contributed by atoms with E-state index in [2.05, 4.69) is 22.2 Å². The Balaban J connectivity index is 2.43. The van der Waals surface area contributed by atoms with E-state index in [0.717, 1.165) is 24.4 Å². The molecular weight excluding hydrogens is 178 g/mol. The first-order valence-electron chi connectivity index (χ1n) is 4.88. The Morgan fingerprint density at radius 1 is 1.50 bits per heavy atom. The van der Waals surface area contributed by atoms with Gasteiger partial charge in [-0.15, -0.1) is 0 Å². The van der Waals surface area contributed by atoms with Crippen molar-refractivity contribution >= 4 is 5.82 Å². The molecule has 1 aromatic rings. The monoisotopic (exact) mass is 195 g/mol. The minimum atomic E-state index is 0.245. The van der Waals surface area contributed by atoms with Crippen LogP contribution in [0.3, 0.4) is 0 Å². The number of nitrogens with zero attached hydrogens (tertiary/aromatic N) is 2. The van der Waals surface area contributed by atoms with Crippen LogP contribution in [0.1, 0.15) is 25.5 Å². The summed E-state index contributed by atoms with van der Waals surface area (Å²) in [6.45, 7) is 4.26. The van der Waals surface area contributed by atoms with Crippen molar-refractivity contribution in [2.75, 3.05) is 11.9 Å². The summed E-state index contributed by atoms with van der Waals surface area (Å²) in [6.07, 6.45) is 3.31. The van der Waals surface area contributed by atoms with Gasteiger partial charge in [0.05, 0.1) is 0 Å². The van der Waals surface area contributed by atoms with Gasteiger partial charge in [-0.25, -0.2) is 9.97 Å². The van der Waals surface area contributed by atoms with Crippen molar-refractivity contribution in [3.05, 3.63) is 18.1 Å². The molecule has 0 aliphatic carbocycles. The third-order valence-electron chi connectivity index (χ3n) is 1.99. The van der Waals surface area contributed by atoms with Crippen LogP contribution >= 0.6 is 0 Å². The molecule has 0 aliphatic heterocycles. The van der Waals surface area contributed by atoms with Crippen LogP contribution < -0.4 is 5.32 Å². The summed E-state index contributed by atoms with van der Waals surface area (Å²) in [5, 5.41) is 11.9. The molecule has 1 aromatic heterocycles. The number of rotatable bonds is 5. The van der Waals surface area contributed by atoms with Gasteiger partial charge in [0.1, 0.15) is 12.1 Å². The normalized spacial score (nSPS) is 12.5. The summed E-state index contributed by atoms with van der Waals surface area (Å²) >= 11 is 0. The molecule has 1 atom stereocenters. The highest BCUT2D eigenvalue weighted by atomic mass is 16.2. The van der Waals surface area contributed by atoms with Crippen LogP contribution in [0.15, 0.2) is 12.4 Å². The first-order valence-corrected chi connectivity index (χ1v) is 4.88. The Morgan fingerprint density at radius 2 is 2.29 bits per heavy atom. The maximum Gasteiger partial charge on any atom is 0.129 e. The number of aliphatic hydroxyl groups excluding tert-OH is 1. The average Bonchev–Trinajstić information content (AvgIpc) is 2.15. The molecule has 4 heteroatoms. The molecule has 78 valence electrons. The van der Waals surface area contributed by atoms with E-state index < -0.39 is 0 Å². The summed E-state index contributed by atoms with van der Waals surface area (Å²) in [5.74, 6) is 0.850. The Labute approximate surface area is 84.4 Å². The molecule has 0 aliphatic rings. The fourth-order valence-corrected chi connectivity index (χ4v) is 1.26. The molecule has 14 heavy (non-hydrogen) atoms. The van der Waals surface area contributed by atoms with Gasteiger partial charge >= 0.3 is 0 Å². The third kappa shape index (κ3) is 3.70. The number of hydrogen-bond acceptors (Lipinski definition) is 4. The first kappa shape index (κ1) is 10.9. The van der Waals surface area contributed by atoms with E-state index in [9.17, 15) is 0 Å². The Morgan fingerprint density at radius 3 is 2.93 bits per heavy atom. The van der Waals surface area contributed by atoms with Crippen molar-refractivity contribution in [1.82, 2.24) is 9.97 Å². The lowest BCUT2D eigenvalue weighted by Gasteiger charge is -2.13. The van der Waals surface area contributed by atoms with Gasteiger partial charge in [-0.2, -0.15) is 0 Å². The lowest BCUT2D eigenvalue weighted by molar-refractivity contribution is 0.282. The van der Waals surface area contributed by atoms with Gasteiger partial charge in [0, 0.05) is 24.4 Å². The number of aromatic nitrogens is 2. The van der Waals surface area contributed by atoms with E-state index in [0.29, 0.717) is 6.04 Å². The maximum atomic E-state index is 8.67. The lowest BCUT2D eigenvalue weighted by Crippen LogP contribution is -2.16. The standard InChI is InChI=1S/C10H17N3O/c1-8(4-3-5-14)13-10-6-9(2)11-7-12-10/h6-8,14H,3-5H2,1-2H3,(H,11,12,13). The highest BCUT2D eigenvalue weighted by Gasteiger charge is 2.02. The van der Waals surface area contributed by atoms with Gasteiger partial charge in [-0.05, 0) is 26.7 Å². The van der Waals surface area contributed by atoms with Crippen molar-refractivity contribution in [3.8, 4) is 0 Å². The van der Waals surface area contributed by atoms with Gasteiger partial charge < -0.3 is 10.4 Å². The predicted molar refractivity (Wildman–Crippen MR) is 56.2 cm³/mol. The Kier molecular flexibility index (Phi) is 4.32. The van der Waals surface area contributed by atoms with E-state index in [1.807, 2.05) is 13.0 Å². The number of nitrogens with one attached hydrogen (secondary N) is 1. The van der Waals surface area contributed by atoms with Crippen LogP contribution in [-0.4, -0.2) is 27.7 Å². The van der Waals surface area contributed by atoms with Crippen LogP contribution in [0.4, 0.5) is 5.82 Å². The van der Waals surface area contributed by atoms with Crippen molar-refractivity contribution in [1.29, 1.82) is 0 Å². The van der Waals surface area contributed by atoms with E-state index >= 15 is 0 Å². The SMILES string of the molecule is Cc1cc(NC(C)CCCO)ncn1. The third-order valence-corrected chi connectivity index (χ3v) is 1.99. The van der Waals surface area contributed by atoms with Crippen LogP contribution in [0.2, 0.25) is 0 Å². The second-order valence-corrected chi connectivity index (χ2v) is 3.46. The zero-order valence-electron chi connectivity index (χ0n) is 8.70. The van der Waals surface area contributed by atoms with Gasteiger partial charge in [0.25, 0.3) is 0 Å². The molecular formula is C10H17N3O. The van der Waals surface area contributed by atoms with Crippen LogP contribution in [0.25, 0.3) is 0 Å². The molecule has 0 radical (unpaired) electrons. The zero-order valence-corrected chi connectivity index (χ0v) is 8.70. The fourth-order valence-electron chi connectivity index (χ4n) is 1.26. The molecule has 0 saturated heterocycles. The highest BCUT2D eigenvalue weighted by Crippen LogP contribution is 2.07. The largest absolute Gasteiger partial charge is 0.396 e. The first-order chi connectivity index (χ1) is 6.72. The molecule has 1 rings (SSSR count). The van der Waals surface area contributed by atoms with Crippen LogP contribution in [0, 0.1) is 6.92 Å². The summed E-state index contributed by atoms with van der Waals surface area (Å²) in [4.78, 5) is 8.12. The van der Waals surface area contributed by atoms with Gasteiger partial charge in [-0.3, -0.25) is 0 Å². The fraction of sp³-hybridized carbons (Fsp3) is 0.600. The summed E-state index contributed by atoms with van der Waals surface area (Å²) in [6, 6.07) is 2.24. The van der Waals surface area contributed by atoms with Gasteiger partial charge in [0.2, 0.25) is 0 Å². The Bertz CT molecular complexity index is 278. The second-order valence-electron chi connectivity index (χ2n) is 3.46. The lowest BCUT2D eigenvalue weighted by atomic mass is 10.2. The topological polar surface area (TPSA) is 58.0 Å². The molecule has 0 spiro atoms. The molecule has 0 saturated carbocycles. The van der Waals surface area contributed by atoms with Crippen molar-refractivity contribution in [2.24, 2.45) is 0 Å². The van der Waals surface area contributed by atoms with E-state index in [-0.39, 0.29) is 6.61 Å². The van der Waals surface area contributed by atoms with Gasteiger partial charge in [-0.1, -0.05) is 0 Å². The van der Waals surface area contributed by atoms with Crippen molar-refractivity contribution in [3.63, 3.8) is 0 Å². The number of aryl methyl sites for hydroxylation is 1. The minimum absolute atomic E-state index is 0.245. The molecule has 2 N–H and O–H groups in total.